The highest BCUT2D eigenvalue weighted by atomic mass is 32.2. The summed E-state index contributed by atoms with van der Waals surface area (Å²) >= 11 is 2.44. The Bertz CT molecular complexity index is 1500. The third-order valence-corrected chi connectivity index (χ3v) is 8.33. The fourth-order valence-corrected chi connectivity index (χ4v) is 6.28. The number of ether oxygens (including phenoxy) is 2. The molecule has 1 aliphatic heterocycles. The molecule has 3 heterocycles. The van der Waals surface area contributed by atoms with Gasteiger partial charge >= 0.3 is 0 Å². The molecule has 0 bridgehead atoms. The minimum absolute atomic E-state index is 0.0483. The number of carbonyl (C=O) groups is 2. The van der Waals surface area contributed by atoms with Crippen molar-refractivity contribution in [3.8, 4) is 17.6 Å². The molecule has 0 spiro atoms. The molecule has 200 valence electrons. The predicted molar refractivity (Wildman–Crippen MR) is 145 cm³/mol. The SMILES string of the molecule is COc1cc(NC(=O)CSc2nnc(N3C(N)=C(C#N)C(c4ccco4)C4=C3CCCC4=O)s2)cc(OC)c1. The average Bonchev–Trinajstić information content (AvgIpc) is 3.64. The summed E-state index contributed by atoms with van der Waals surface area (Å²) in [4.78, 5) is 27.4. The average molecular weight is 565 g/mol. The van der Waals surface area contributed by atoms with E-state index < -0.39 is 5.92 Å². The summed E-state index contributed by atoms with van der Waals surface area (Å²) in [6.45, 7) is 0. The monoisotopic (exact) mass is 564 g/mol. The van der Waals surface area contributed by atoms with E-state index in [1.807, 2.05) is 0 Å². The van der Waals surface area contributed by atoms with Gasteiger partial charge in [-0.1, -0.05) is 23.1 Å². The number of ketones is 1. The van der Waals surface area contributed by atoms with Crippen molar-refractivity contribution in [1.82, 2.24) is 10.2 Å². The van der Waals surface area contributed by atoms with Crippen LogP contribution in [0.4, 0.5) is 10.8 Å². The van der Waals surface area contributed by atoms with Crippen LogP contribution >= 0.6 is 23.1 Å². The van der Waals surface area contributed by atoms with Crippen molar-refractivity contribution in [2.75, 3.05) is 30.2 Å². The molecule has 0 saturated carbocycles. The molecule has 5 rings (SSSR count). The molecule has 1 amide bonds. The molecule has 39 heavy (non-hydrogen) atoms. The second-order valence-corrected chi connectivity index (χ2v) is 10.8. The molecule has 1 aromatic carbocycles. The Morgan fingerprint density at radius 2 is 2.05 bits per heavy atom. The zero-order chi connectivity index (χ0) is 27.5. The largest absolute Gasteiger partial charge is 0.497 e. The van der Waals surface area contributed by atoms with Crippen molar-refractivity contribution in [2.24, 2.45) is 5.73 Å². The van der Waals surface area contributed by atoms with E-state index in [0.717, 1.165) is 0 Å². The first-order valence-electron chi connectivity index (χ1n) is 11.9. The number of allylic oxidation sites excluding steroid dienone is 3. The van der Waals surface area contributed by atoms with Crippen molar-refractivity contribution >= 4 is 45.6 Å². The number of amides is 1. The lowest BCUT2D eigenvalue weighted by molar-refractivity contribution is -0.116. The van der Waals surface area contributed by atoms with Gasteiger partial charge in [-0.15, -0.1) is 10.2 Å². The van der Waals surface area contributed by atoms with Crippen molar-refractivity contribution in [2.45, 2.75) is 29.5 Å². The van der Waals surface area contributed by atoms with Gasteiger partial charge in [0.25, 0.3) is 0 Å². The molecule has 2 aliphatic rings. The van der Waals surface area contributed by atoms with Crippen LogP contribution in [0.2, 0.25) is 0 Å². The Morgan fingerprint density at radius 3 is 2.72 bits per heavy atom. The van der Waals surface area contributed by atoms with Crippen LogP contribution < -0.4 is 25.4 Å². The van der Waals surface area contributed by atoms with E-state index >= 15 is 0 Å². The Hall–Kier alpha value is -4.28. The molecule has 0 fully saturated rings. The Balaban J connectivity index is 1.36. The first-order valence-corrected chi connectivity index (χ1v) is 13.7. The number of furan rings is 1. The first kappa shape index (κ1) is 26.3. The highest BCUT2D eigenvalue weighted by Gasteiger charge is 2.42. The molecule has 11 nitrogen and oxygen atoms in total. The second-order valence-electron chi connectivity index (χ2n) is 8.62. The third-order valence-electron chi connectivity index (χ3n) is 6.29. The van der Waals surface area contributed by atoms with Crippen LogP contribution in [0.15, 0.2) is 68.0 Å². The number of hydrogen-bond acceptors (Lipinski definition) is 12. The minimum atomic E-state index is -0.662. The molecular weight excluding hydrogens is 540 g/mol. The molecule has 0 saturated heterocycles. The van der Waals surface area contributed by atoms with E-state index in [4.69, 9.17) is 19.6 Å². The summed E-state index contributed by atoms with van der Waals surface area (Å²) in [5, 5.41) is 21.8. The van der Waals surface area contributed by atoms with E-state index in [2.05, 4.69) is 21.6 Å². The number of thioether (sulfide) groups is 1. The highest BCUT2D eigenvalue weighted by molar-refractivity contribution is 8.01. The number of methoxy groups -OCH3 is 2. The van der Waals surface area contributed by atoms with Gasteiger partial charge in [-0.3, -0.25) is 14.5 Å². The van der Waals surface area contributed by atoms with E-state index in [-0.39, 0.29) is 28.8 Å². The zero-order valence-corrected chi connectivity index (χ0v) is 22.7. The highest BCUT2D eigenvalue weighted by Crippen LogP contribution is 2.47. The van der Waals surface area contributed by atoms with Crippen LogP contribution in [0.5, 0.6) is 11.5 Å². The molecule has 0 radical (unpaired) electrons. The number of hydrogen-bond donors (Lipinski definition) is 2. The number of nitriles is 1. The van der Waals surface area contributed by atoms with E-state index in [0.29, 0.717) is 63.0 Å². The van der Waals surface area contributed by atoms with Crippen LogP contribution in [0.1, 0.15) is 30.9 Å². The van der Waals surface area contributed by atoms with Crippen molar-refractivity contribution in [3.63, 3.8) is 0 Å². The topological polar surface area (TPSA) is 157 Å². The number of aromatic nitrogens is 2. The van der Waals surface area contributed by atoms with Crippen LogP contribution in [0.3, 0.4) is 0 Å². The summed E-state index contributed by atoms with van der Waals surface area (Å²) in [6, 6.07) is 10.7. The fraction of sp³-hybridized carbons (Fsp3) is 0.269. The molecule has 3 N–H and O–H groups in total. The summed E-state index contributed by atoms with van der Waals surface area (Å²) in [6.07, 6.45) is 3.14. The number of nitrogens with two attached hydrogens (primary N) is 1. The van der Waals surface area contributed by atoms with Crippen molar-refractivity contribution < 1.29 is 23.5 Å². The lowest BCUT2D eigenvalue weighted by Crippen LogP contribution is -2.38. The van der Waals surface area contributed by atoms with E-state index in [1.165, 1.54) is 43.6 Å². The first-order chi connectivity index (χ1) is 18.9. The Morgan fingerprint density at radius 1 is 1.28 bits per heavy atom. The molecule has 3 aromatic rings. The lowest BCUT2D eigenvalue weighted by atomic mass is 9.78. The molecule has 1 aliphatic carbocycles. The van der Waals surface area contributed by atoms with Gasteiger partial charge in [0.2, 0.25) is 11.0 Å². The van der Waals surface area contributed by atoms with Crippen LogP contribution in [0, 0.1) is 11.3 Å². The maximum atomic E-state index is 13.1. The zero-order valence-electron chi connectivity index (χ0n) is 21.1. The summed E-state index contributed by atoms with van der Waals surface area (Å²) in [5.41, 5.74) is 8.48. The molecule has 1 atom stereocenters. The number of nitrogens with zero attached hydrogens (tertiary/aromatic N) is 4. The number of rotatable bonds is 8. The van der Waals surface area contributed by atoms with Gasteiger partial charge in [-0.2, -0.15) is 5.26 Å². The van der Waals surface area contributed by atoms with Crippen molar-refractivity contribution in [3.05, 3.63) is 65.0 Å². The standard InChI is InChI=1S/C26H24N6O5S2/c1-35-15-9-14(10-16(11-15)36-2)29-21(34)13-38-26-31-30-25(39-26)32-18-5-3-6-19(33)23(18)22(17(12-27)24(32)28)20-7-4-8-37-20/h4,7-11,22H,3,5-6,13,28H2,1-2H3,(H,29,34). The minimum Gasteiger partial charge on any atom is -0.497 e. The molecule has 1 unspecified atom stereocenters. The maximum absolute atomic E-state index is 13.1. The number of Topliss-reactive ketones (excluding diaryl/α,β-unsaturated/α-hetero) is 1. The van der Waals surface area contributed by atoms with Gasteiger partial charge in [0.15, 0.2) is 10.1 Å². The van der Waals surface area contributed by atoms with Gasteiger partial charge in [0.05, 0.1) is 43.8 Å². The van der Waals surface area contributed by atoms with E-state index in [9.17, 15) is 14.9 Å². The normalized spacial score (nSPS) is 17.1. The maximum Gasteiger partial charge on any atom is 0.234 e. The smallest absolute Gasteiger partial charge is 0.234 e. The predicted octanol–water partition coefficient (Wildman–Crippen LogP) is 4.18. The summed E-state index contributed by atoms with van der Waals surface area (Å²) < 4.78 is 16.6. The number of nitrogens with one attached hydrogen (secondary N) is 1. The number of anilines is 2. The Labute approximate surface area is 232 Å². The summed E-state index contributed by atoms with van der Waals surface area (Å²) in [5.74, 6) is 0.904. The van der Waals surface area contributed by atoms with Gasteiger partial charge in [-0.25, -0.2) is 0 Å². The molecular formula is C26H24N6O5S2. The van der Waals surface area contributed by atoms with Gasteiger partial charge < -0.3 is 24.9 Å². The second kappa shape index (κ2) is 11.2. The van der Waals surface area contributed by atoms with Crippen LogP contribution in [-0.4, -0.2) is 41.9 Å². The van der Waals surface area contributed by atoms with Crippen LogP contribution in [-0.2, 0) is 9.59 Å². The fourth-order valence-electron chi connectivity index (χ4n) is 4.60. The van der Waals surface area contributed by atoms with Gasteiger partial charge in [-0.05, 0) is 25.0 Å². The van der Waals surface area contributed by atoms with Gasteiger partial charge in [0, 0.05) is 41.6 Å². The summed E-state index contributed by atoms with van der Waals surface area (Å²) in [7, 11) is 3.07. The number of carbonyl (C=O) groups excluding carboxylic acids is 2. The number of benzene rings is 1. The van der Waals surface area contributed by atoms with Crippen LogP contribution in [0.25, 0.3) is 0 Å². The quantitative estimate of drug-likeness (QED) is 0.378. The molecule has 13 heteroatoms. The van der Waals surface area contributed by atoms with Crippen molar-refractivity contribution in [1.29, 1.82) is 5.26 Å². The van der Waals surface area contributed by atoms with Gasteiger partial charge in [0.1, 0.15) is 23.1 Å². The van der Waals surface area contributed by atoms with E-state index in [1.54, 1.807) is 35.2 Å². The Kier molecular flexibility index (Phi) is 7.58. The lowest BCUT2D eigenvalue weighted by Gasteiger charge is -2.37. The molecule has 2 aromatic heterocycles. The third kappa shape index (κ3) is 5.21.